The summed E-state index contributed by atoms with van der Waals surface area (Å²) in [6.07, 6.45) is -0.222. The van der Waals surface area contributed by atoms with Crippen LogP contribution in [0.4, 0.5) is 8.78 Å². The molecule has 0 atom stereocenters. The minimum absolute atomic E-state index is 0.0566. The molecule has 0 radical (unpaired) electrons. The van der Waals surface area contributed by atoms with Crippen molar-refractivity contribution in [2.75, 3.05) is 7.11 Å². The molecule has 6 heteroatoms. The van der Waals surface area contributed by atoms with Crippen molar-refractivity contribution in [1.29, 1.82) is 0 Å². The highest BCUT2D eigenvalue weighted by molar-refractivity contribution is 5.88. The lowest BCUT2D eigenvalue weighted by atomic mass is 10.1. The molecule has 1 rings (SSSR count). The van der Waals surface area contributed by atoms with Crippen molar-refractivity contribution in [2.45, 2.75) is 6.42 Å². The second-order valence-electron chi connectivity index (χ2n) is 3.17. The number of carbonyl (C=O) groups is 2. The highest BCUT2D eigenvalue weighted by atomic mass is 19.1. The van der Waals surface area contributed by atoms with Gasteiger partial charge in [-0.1, -0.05) is 11.8 Å². The topological polar surface area (TPSA) is 63.6 Å². The third-order valence-corrected chi connectivity index (χ3v) is 1.95. The molecule has 0 spiro atoms. The molecule has 0 fully saturated rings. The van der Waals surface area contributed by atoms with Crippen LogP contribution in [-0.4, -0.2) is 24.2 Å². The Morgan fingerprint density at radius 3 is 2.33 bits per heavy atom. The number of rotatable bonds is 2. The number of esters is 1. The molecule has 0 saturated heterocycles. The summed E-state index contributed by atoms with van der Waals surface area (Å²) in [7, 11) is 1.19. The van der Waals surface area contributed by atoms with Crippen LogP contribution in [0.25, 0.3) is 0 Å². The van der Waals surface area contributed by atoms with E-state index < -0.39 is 29.1 Å². The van der Waals surface area contributed by atoms with Crippen molar-refractivity contribution in [1.82, 2.24) is 0 Å². The number of halogens is 2. The van der Waals surface area contributed by atoms with Crippen LogP contribution in [-0.2, 0) is 9.53 Å². The number of hydrogen-bond donors (Lipinski definition) is 1. The lowest BCUT2D eigenvalue weighted by Crippen LogP contribution is -2.05. The van der Waals surface area contributed by atoms with Crippen LogP contribution < -0.4 is 0 Å². The van der Waals surface area contributed by atoms with Crippen molar-refractivity contribution in [3.05, 3.63) is 34.9 Å². The van der Waals surface area contributed by atoms with Gasteiger partial charge < -0.3 is 9.84 Å². The lowest BCUT2D eigenvalue weighted by molar-refractivity contribution is -0.139. The first-order chi connectivity index (χ1) is 8.45. The summed E-state index contributed by atoms with van der Waals surface area (Å²) in [5, 5.41) is 8.54. The molecule has 0 aliphatic heterocycles. The van der Waals surface area contributed by atoms with Gasteiger partial charge in [0.05, 0.1) is 7.11 Å². The molecule has 1 aromatic carbocycles. The van der Waals surface area contributed by atoms with Crippen LogP contribution in [0.3, 0.4) is 0 Å². The van der Waals surface area contributed by atoms with Gasteiger partial charge in [-0.15, -0.1) is 0 Å². The summed E-state index contributed by atoms with van der Waals surface area (Å²) in [5.74, 6) is -0.0248. The van der Waals surface area contributed by atoms with Crippen molar-refractivity contribution >= 4 is 11.9 Å². The average Bonchev–Trinajstić information content (AvgIpc) is 2.27. The minimum Gasteiger partial charge on any atom is -0.477 e. The van der Waals surface area contributed by atoms with Crippen LogP contribution >= 0.6 is 0 Å². The van der Waals surface area contributed by atoms with Gasteiger partial charge in [-0.2, -0.15) is 0 Å². The second kappa shape index (κ2) is 5.77. The largest absolute Gasteiger partial charge is 0.477 e. The lowest BCUT2D eigenvalue weighted by Gasteiger charge is -2.00. The van der Waals surface area contributed by atoms with Gasteiger partial charge in [0.25, 0.3) is 0 Å². The Labute approximate surface area is 101 Å². The van der Waals surface area contributed by atoms with Crippen LogP contribution in [0, 0.1) is 23.5 Å². The number of benzene rings is 1. The molecular formula is C12H8F2O4. The summed E-state index contributed by atoms with van der Waals surface area (Å²) in [4.78, 5) is 21.2. The van der Waals surface area contributed by atoms with Crippen LogP contribution in [0.15, 0.2) is 12.1 Å². The van der Waals surface area contributed by atoms with E-state index in [2.05, 4.69) is 16.6 Å². The van der Waals surface area contributed by atoms with Crippen molar-refractivity contribution in [2.24, 2.45) is 0 Å². The highest BCUT2D eigenvalue weighted by Crippen LogP contribution is 2.14. The predicted molar refractivity (Wildman–Crippen MR) is 56.8 cm³/mol. The average molecular weight is 254 g/mol. The highest BCUT2D eigenvalue weighted by Gasteiger charge is 2.17. The molecule has 0 aliphatic rings. The van der Waals surface area contributed by atoms with E-state index in [0.717, 1.165) is 12.1 Å². The summed E-state index contributed by atoms with van der Waals surface area (Å²) in [6, 6.07) is 1.58. The van der Waals surface area contributed by atoms with E-state index in [4.69, 9.17) is 5.11 Å². The number of aromatic carboxylic acids is 1. The molecule has 0 unspecified atom stereocenters. The van der Waals surface area contributed by atoms with Crippen molar-refractivity contribution < 1.29 is 28.2 Å². The Bertz CT molecular complexity index is 532. The van der Waals surface area contributed by atoms with E-state index in [1.54, 1.807) is 0 Å². The van der Waals surface area contributed by atoms with Crippen LogP contribution in [0.1, 0.15) is 22.3 Å². The van der Waals surface area contributed by atoms with E-state index in [0.29, 0.717) is 0 Å². The first kappa shape index (κ1) is 13.6. The van der Waals surface area contributed by atoms with E-state index >= 15 is 0 Å². The molecule has 1 N–H and O–H groups in total. The summed E-state index contributed by atoms with van der Waals surface area (Å²) >= 11 is 0. The predicted octanol–water partition coefficient (Wildman–Crippen LogP) is 1.58. The van der Waals surface area contributed by atoms with E-state index in [9.17, 15) is 18.4 Å². The third kappa shape index (κ3) is 3.28. The quantitative estimate of drug-likeness (QED) is 0.642. The Kier molecular flexibility index (Phi) is 4.38. The van der Waals surface area contributed by atoms with Gasteiger partial charge in [-0.05, 0) is 12.1 Å². The molecule has 0 amide bonds. The monoisotopic (exact) mass is 254 g/mol. The Balaban J connectivity index is 3.00. The first-order valence-corrected chi connectivity index (χ1v) is 4.73. The zero-order valence-electron chi connectivity index (χ0n) is 9.29. The fraction of sp³-hybridized carbons (Fsp3) is 0.167. The molecule has 1 aromatic rings. The van der Waals surface area contributed by atoms with Gasteiger partial charge in [0, 0.05) is 5.56 Å². The minimum atomic E-state index is -1.70. The molecule has 4 nitrogen and oxygen atoms in total. The maximum Gasteiger partial charge on any atom is 0.341 e. The molecule has 0 saturated carbocycles. The second-order valence-corrected chi connectivity index (χ2v) is 3.17. The number of hydrogen-bond acceptors (Lipinski definition) is 3. The fourth-order valence-corrected chi connectivity index (χ4v) is 1.14. The molecule has 0 bridgehead atoms. The number of carbonyl (C=O) groups excluding carboxylic acids is 1. The SMILES string of the molecule is COC(=O)CC#Cc1cc(F)c(C(=O)O)c(F)c1. The smallest absolute Gasteiger partial charge is 0.341 e. The van der Waals surface area contributed by atoms with Crippen LogP contribution in [0.5, 0.6) is 0 Å². The van der Waals surface area contributed by atoms with Gasteiger partial charge in [0.1, 0.15) is 23.6 Å². The van der Waals surface area contributed by atoms with Gasteiger partial charge in [-0.3, -0.25) is 4.79 Å². The molecule has 0 aromatic heterocycles. The van der Waals surface area contributed by atoms with Gasteiger partial charge in [-0.25, -0.2) is 13.6 Å². The third-order valence-electron chi connectivity index (χ3n) is 1.95. The van der Waals surface area contributed by atoms with E-state index in [-0.39, 0.29) is 12.0 Å². The standard InChI is InChI=1S/C12H8F2O4/c1-18-10(15)4-2-3-7-5-8(13)11(12(16)17)9(14)6-7/h5-6H,4H2,1H3,(H,16,17). The van der Waals surface area contributed by atoms with Gasteiger partial charge in [0.15, 0.2) is 0 Å². The van der Waals surface area contributed by atoms with Gasteiger partial charge in [0.2, 0.25) is 0 Å². The van der Waals surface area contributed by atoms with Crippen molar-refractivity contribution in [3.63, 3.8) is 0 Å². The molecular weight excluding hydrogens is 246 g/mol. The molecule has 94 valence electrons. The number of carboxylic acids is 1. The van der Waals surface area contributed by atoms with Crippen LogP contribution in [0.2, 0.25) is 0 Å². The molecule has 0 aliphatic carbocycles. The number of carboxylic acid groups (broad SMARTS) is 1. The Morgan fingerprint density at radius 2 is 1.89 bits per heavy atom. The van der Waals surface area contributed by atoms with E-state index in [1.165, 1.54) is 7.11 Å². The normalized spacial score (nSPS) is 9.28. The Hall–Kier alpha value is -2.42. The van der Waals surface area contributed by atoms with Crippen molar-refractivity contribution in [3.8, 4) is 11.8 Å². The summed E-state index contributed by atoms with van der Waals surface area (Å²) in [6.45, 7) is 0. The Morgan fingerprint density at radius 1 is 1.33 bits per heavy atom. The summed E-state index contributed by atoms with van der Waals surface area (Å²) < 4.78 is 30.8. The maximum atomic E-state index is 13.2. The number of methoxy groups -OCH3 is 1. The maximum absolute atomic E-state index is 13.2. The first-order valence-electron chi connectivity index (χ1n) is 4.73. The summed E-state index contributed by atoms with van der Waals surface area (Å²) in [5.41, 5.74) is -1.09. The fourth-order valence-electron chi connectivity index (χ4n) is 1.14. The molecule has 18 heavy (non-hydrogen) atoms. The molecule has 0 heterocycles. The zero-order valence-corrected chi connectivity index (χ0v) is 9.29. The van der Waals surface area contributed by atoms with Gasteiger partial charge >= 0.3 is 11.9 Å². The zero-order chi connectivity index (χ0) is 13.7. The van der Waals surface area contributed by atoms with E-state index in [1.807, 2.05) is 0 Å². The number of ether oxygens (including phenoxy) is 1.